The minimum Gasteiger partial charge on any atom is -0.383 e. The minimum atomic E-state index is -1.00. The van der Waals surface area contributed by atoms with Crippen LogP contribution in [0.5, 0.6) is 0 Å². The molecule has 0 aliphatic carbocycles. The zero-order chi connectivity index (χ0) is 24.8. The topological polar surface area (TPSA) is 98.0 Å². The number of pyridine rings is 2. The van der Waals surface area contributed by atoms with E-state index in [1.807, 2.05) is 24.3 Å². The monoisotopic (exact) mass is 490 g/mol. The molecule has 36 heavy (non-hydrogen) atoms. The van der Waals surface area contributed by atoms with Crippen molar-refractivity contribution in [1.29, 1.82) is 0 Å². The van der Waals surface area contributed by atoms with Crippen molar-refractivity contribution in [2.24, 2.45) is 0 Å². The van der Waals surface area contributed by atoms with Crippen molar-refractivity contribution < 1.29 is 18.4 Å². The summed E-state index contributed by atoms with van der Waals surface area (Å²) < 4.78 is 27.1. The van der Waals surface area contributed by atoms with E-state index >= 15 is 0 Å². The Hall–Kier alpha value is -4.20. The molecule has 0 aliphatic heterocycles. The van der Waals surface area contributed by atoms with Crippen LogP contribution in [0, 0.1) is 11.6 Å². The summed E-state index contributed by atoms with van der Waals surface area (Å²) in [4.78, 5) is 34.0. The highest BCUT2D eigenvalue weighted by atomic mass is 19.2. The fraction of sp³-hybridized carbons (Fsp3) is 0.214. The Bertz CT molecular complexity index is 1360. The third-order valence-corrected chi connectivity index (χ3v) is 5.74. The molecule has 0 radical (unpaired) electrons. The van der Waals surface area contributed by atoms with Crippen molar-refractivity contribution in [2.75, 3.05) is 5.73 Å². The van der Waals surface area contributed by atoms with Crippen molar-refractivity contribution in [1.82, 2.24) is 15.3 Å². The number of benzene rings is 2. The maximum atomic E-state index is 13.7. The SMILES string of the molecule is C.Nc1nccc2cc(CCC(=O)[C@H](Cc3ccc(F)c(F)c3)NC(=O)Cc3ccccn3)ccc12. The molecule has 8 heteroatoms. The van der Waals surface area contributed by atoms with Gasteiger partial charge in [0.2, 0.25) is 5.91 Å². The third-order valence-electron chi connectivity index (χ3n) is 5.74. The van der Waals surface area contributed by atoms with Crippen molar-refractivity contribution in [3.8, 4) is 0 Å². The minimum absolute atomic E-state index is 0. The van der Waals surface area contributed by atoms with Gasteiger partial charge >= 0.3 is 0 Å². The predicted molar refractivity (Wildman–Crippen MR) is 136 cm³/mol. The number of rotatable bonds is 9. The number of ketones is 1. The van der Waals surface area contributed by atoms with Gasteiger partial charge in [0, 0.05) is 29.9 Å². The molecule has 6 nitrogen and oxygen atoms in total. The molecule has 186 valence electrons. The Morgan fingerprint density at radius 1 is 0.917 bits per heavy atom. The van der Waals surface area contributed by atoms with Crippen LogP contribution in [-0.4, -0.2) is 27.7 Å². The zero-order valence-corrected chi connectivity index (χ0v) is 18.9. The van der Waals surface area contributed by atoms with Crippen molar-refractivity contribution in [3.63, 3.8) is 0 Å². The molecule has 0 bridgehead atoms. The van der Waals surface area contributed by atoms with Gasteiger partial charge in [0.1, 0.15) is 5.82 Å². The lowest BCUT2D eigenvalue weighted by Gasteiger charge is -2.18. The summed E-state index contributed by atoms with van der Waals surface area (Å²) in [5.41, 5.74) is 7.81. The highest BCUT2D eigenvalue weighted by molar-refractivity contribution is 5.92. The van der Waals surface area contributed by atoms with E-state index in [0.717, 1.165) is 28.5 Å². The Morgan fingerprint density at radius 3 is 2.47 bits per heavy atom. The largest absolute Gasteiger partial charge is 0.383 e. The van der Waals surface area contributed by atoms with E-state index in [4.69, 9.17) is 5.73 Å². The number of carbonyl (C=O) groups is 2. The third kappa shape index (κ3) is 6.69. The van der Waals surface area contributed by atoms with Crippen LogP contribution in [0.4, 0.5) is 14.6 Å². The Morgan fingerprint density at radius 2 is 1.72 bits per heavy atom. The first kappa shape index (κ1) is 26.4. The molecule has 1 amide bonds. The van der Waals surface area contributed by atoms with Gasteiger partial charge in [0.25, 0.3) is 0 Å². The smallest absolute Gasteiger partial charge is 0.226 e. The molecule has 4 aromatic rings. The van der Waals surface area contributed by atoms with E-state index in [9.17, 15) is 18.4 Å². The number of fused-ring (bicyclic) bond motifs is 1. The summed E-state index contributed by atoms with van der Waals surface area (Å²) in [6, 6.07) is 15.4. The molecule has 0 saturated heterocycles. The van der Waals surface area contributed by atoms with Gasteiger partial charge < -0.3 is 11.1 Å². The second-order valence-corrected chi connectivity index (χ2v) is 8.29. The summed E-state index contributed by atoms with van der Waals surface area (Å²) in [6.07, 6.45) is 3.86. The lowest BCUT2D eigenvalue weighted by atomic mass is 9.96. The van der Waals surface area contributed by atoms with Gasteiger partial charge in [-0.1, -0.05) is 37.8 Å². The summed E-state index contributed by atoms with van der Waals surface area (Å²) >= 11 is 0. The van der Waals surface area contributed by atoms with Gasteiger partial charge in [-0.15, -0.1) is 0 Å². The number of aromatic nitrogens is 2. The average molecular weight is 491 g/mol. The van der Waals surface area contributed by atoms with E-state index in [2.05, 4.69) is 15.3 Å². The van der Waals surface area contributed by atoms with Gasteiger partial charge in [-0.3, -0.25) is 14.6 Å². The molecule has 2 aromatic carbocycles. The zero-order valence-electron chi connectivity index (χ0n) is 18.9. The molecular weight excluding hydrogens is 462 g/mol. The number of Topliss-reactive ketones (excluding diaryl/α,β-unsaturated/α-hetero) is 1. The molecule has 0 spiro atoms. The van der Waals surface area contributed by atoms with Crippen molar-refractivity contribution in [3.05, 3.63) is 102 Å². The second-order valence-electron chi connectivity index (χ2n) is 8.29. The number of nitrogens with one attached hydrogen (secondary N) is 1. The number of aryl methyl sites for hydroxylation is 1. The number of nitrogens with two attached hydrogens (primary N) is 1. The van der Waals surface area contributed by atoms with Crippen LogP contribution >= 0.6 is 0 Å². The lowest BCUT2D eigenvalue weighted by Crippen LogP contribution is -2.43. The summed E-state index contributed by atoms with van der Waals surface area (Å²) in [7, 11) is 0. The van der Waals surface area contributed by atoms with Gasteiger partial charge in [-0.2, -0.15) is 0 Å². The number of nitrogen functional groups attached to an aromatic ring is 1. The van der Waals surface area contributed by atoms with Gasteiger partial charge in [-0.05, 0) is 59.7 Å². The van der Waals surface area contributed by atoms with Crippen LogP contribution in [-0.2, 0) is 28.9 Å². The quantitative estimate of drug-likeness (QED) is 0.357. The van der Waals surface area contributed by atoms with Crippen LogP contribution in [0.15, 0.2) is 73.1 Å². The normalized spacial score (nSPS) is 11.5. The van der Waals surface area contributed by atoms with E-state index in [0.29, 0.717) is 23.5 Å². The molecule has 0 saturated carbocycles. The summed E-state index contributed by atoms with van der Waals surface area (Å²) in [5, 5.41) is 4.51. The highest BCUT2D eigenvalue weighted by Crippen LogP contribution is 2.21. The van der Waals surface area contributed by atoms with Crippen LogP contribution in [0.1, 0.15) is 30.7 Å². The molecule has 3 N–H and O–H groups in total. The van der Waals surface area contributed by atoms with Crippen LogP contribution < -0.4 is 11.1 Å². The van der Waals surface area contributed by atoms with E-state index < -0.39 is 17.7 Å². The van der Waals surface area contributed by atoms with Crippen molar-refractivity contribution >= 4 is 28.3 Å². The number of hydrogen-bond donors (Lipinski definition) is 2. The standard InChI is InChI=1S/C27H24F2N4O2.CH4/c28-22-8-5-18(14-23(22)29)15-24(33-26(35)16-20-3-1-2-11-31-20)25(34)9-6-17-4-7-21-19(13-17)10-12-32-27(21)30;/h1-5,7-8,10-14,24H,6,9,15-16H2,(H2,30,32)(H,33,35);1H4/t24-;/m0./s1. The molecule has 0 aliphatic rings. The van der Waals surface area contributed by atoms with E-state index in [1.54, 1.807) is 30.6 Å². The van der Waals surface area contributed by atoms with E-state index in [-0.39, 0.29) is 38.4 Å². The van der Waals surface area contributed by atoms with Crippen LogP contribution in [0.3, 0.4) is 0 Å². The number of nitrogens with zero attached hydrogens (tertiary/aromatic N) is 2. The lowest BCUT2D eigenvalue weighted by molar-refractivity contribution is -0.127. The van der Waals surface area contributed by atoms with Gasteiger partial charge in [0.15, 0.2) is 17.4 Å². The number of carbonyl (C=O) groups excluding carboxylic acids is 2. The average Bonchev–Trinajstić information content (AvgIpc) is 2.85. The Balaban J connectivity index is 0.00000361. The van der Waals surface area contributed by atoms with Gasteiger partial charge in [0.05, 0.1) is 12.5 Å². The number of amides is 1. The summed E-state index contributed by atoms with van der Waals surface area (Å²) in [6.45, 7) is 0. The molecule has 1 atom stereocenters. The number of anilines is 1. The number of halogens is 2. The first-order chi connectivity index (χ1) is 16.9. The first-order valence-corrected chi connectivity index (χ1v) is 11.2. The van der Waals surface area contributed by atoms with Crippen LogP contribution in [0.25, 0.3) is 10.8 Å². The molecular formula is C28H28F2N4O2. The Kier molecular flexibility index (Phi) is 8.78. The maximum Gasteiger partial charge on any atom is 0.226 e. The highest BCUT2D eigenvalue weighted by Gasteiger charge is 2.22. The predicted octanol–water partition coefficient (Wildman–Crippen LogP) is 4.60. The fourth-order valence-electron chi connectivity index (χ4n) is 3.91. The maximum absolute atomic E-state index is 13.7. The molecule has 4 rings (SSSR count). The molecule has 2 aromatic heterocycles. The fourth-order valence-corrected chi connectivity index (χ4v) is 3.91. The van der Waals surface area contributed by atoms with E-state index in [1.165, 1.54) is 6.07 Å². The molecule has 2 heterocycles. The van der Waals surface area contributed by atoms with Crippen molar-refractivity contribution in [2.45, 2.75) is 39.2 Å². The Labute approximate surface area is 208 Å². The second kappa shape index (κ2) is 12.0. The summed E-state index contributed by atoms with van der Waals surface area (Å²) in [5.74, 6) is -2.12. The van der Waals surface area contributed by atoms with Crippen LogP contribution in [0.2, 0.25) is 0 Å². The number of hydrogen-bond acceptors (Lipinski definition) is 5. The van der Waals surface area contributed by atoms with Gasteiger partial charge in [-0.25, -0.2) is 13.8 Å². The first-order valence-electron chi connectivity index (χ1n) is 11.2. The molecule has 0 fully saturated rings. The molecule has 0 unspecified atom stereocenters.